The van der Waals surface area contributed by atoms with Gasteiger partial charge in [0.25, 0.3) is 0 Å². The number of ether oxygens (including phenoxy) is 1. The van der Waals surface area contributed by atoms with Crippen LogP contribution in [0.2, 0.25) is 0 Å². The molecule has 5 heteroatoms. The topological polar surface area (TPSA) is 68.4 Å². The SMILES string of the molecule is OC1CCCC1c1nc(C2CCOc3ccccc32)no1. The van der Waals surface area contributed by atoms with E-state index in [9.17, 15) is 5.11 Å². The standard InChI is InChI=1S/C16H18N2O3/c19-13-6-3-5-12(13)16-17-15(18-21-16)11-8-9-20-14-7-2-1-4-10(11)14/h1-2,4,7,11-13,19H,3,5-6,8-9H2. The summed E-state index contributed by atoms with van der Waals surface area (Å²) in [6.07, 6.45) is 3.27. The maximum absolute atomic E-state index is 9.97. The molecule has 4 rings (SSSR count). The fourth-order valence-electron chi connectivity index (χ4n) is 3.38. The molecule has 3 unspecified atom stereocenters. The lowest BCUT2D eigenvalue weighted by Crippen LogP contribution is -2.16. The van der Waals surface area contributed by atoms with E-state index in [1.807, 2.05) is 18.2 Å². The van der Waals surface area contributed by atoms with Crippen molar-refractivity contribution in [3.63, 3.8) is 0 Å². The predicted molar refractivity (Wildman–Crippen MR) is 75.3 cm³/mol. The van der Waals surface area contributed by atoms with Crippen molar-refractivity contribution in [1.29, 1.82) is 0 Å². The molecule has 1 aliphatic carbocycles. The van der Waals surface area contributed by atoms with Crippen LogP contribution in [-0.2, 0) is 0 Å². The van der Waals surface area contributed by atoms with Gasteiger partial charge in [0.15, 0.2) is 5.82 Å². The van der Waals surface area contributed by atoms with E-state index in [1.165, 1.54) is 0 Å². The number of rotatable bonds is 2. The van der Waals surface area contributed by atoms with Crippen LogP contribution >= 0.6 is 0 Å². The van der Waals surface area contributed by atoms with Crippen LogP contribution in [0.5, 0.6) is 5.75 Å². The maximum atomic E-state index is 9.97. The Balaban J connectivity index is 1.65. The lowest BCUT2D eigenvalue weighted by atomic mass is 9.92. The number of para-hydroxylation sites is 1. The minimum Gasteiger partial charge on any atom is -0.493 e. The molecule has 0 radical (unpaired) electrons. The van der Waals surface area contributed by atoms with Crippen molar-refractivity contribution in [2.75, 3.05) is 6.61 Å². The van der Waals surface area contributed by atoms with Crippen molar-refractivity contribution in [3.05, 3.63) is 41.5 Å². The molecule has 3 atom stereocenters. The van der Waals surface area contributed by atoms with E-state index in [1.54, 1.807) is 0 Å². The van der Waals surface area contributed by atoms with Crippen LogP contribution in [0.4, 0.5) is 0 Å². The van der Waals surface area contributed by atoms with Crippen LogP contribution in [0, 0.1) is 0 Å². The summed E-state index contributed by atoms with van der Waals surface area (Å²) in [4.78, 5) is 4.57. The highest BCUT2D eigenvalue weighted by Gasteiger charge is 2.33. The predicted octanol–water partition coefficient (Wildman–Crippen LogP) is 2.61. The zero-order valence-electron chi connectivity index (χ0n) is 11.7. The van der Waals surface area contributed by atoms with Crippen molar-refractivity contribution >= 4 is 0 Å². The van der Waals surface area contributed by atoms with Crippen LogP contribution in [0.3, 0.4) is 0 Å². The van der Waals surface area contributed by atoms with Gasteiger partial charge in [0.05, 0.1) is 24.5 Å². The van der Waals surface area contributed by atoms with E-state index < -0.39 is 0 Å². The molecule has 0 bridgehead atoms. The quantitative estimate of drug-likeness (QED) is 0.919. The van der Waals surface area contributed by atoms with Gasteiger partial charge < -0.3 is 14.4 Å². The molecular weight excluding hydrogens is 268 g/mol. The summed E-state index contributed by atoms with van der Waals surface area (Å²) in [6.45, 7) is 0.664. The molecule has 0 saturated heterocycles. The third-order valence-electron chi connectivity index (χ3n) is 4.52. The van der Waals surface area contributed by atoms with Crippen molar-refractivity contribution in [2.45, 2.75) is 43.6 Å². The van der Waals surface area contributed by atoms with Gasteiger partial charge in [-0.15, -0.1) is 0 Å². The maximum Gasteiger partial charge on any atom is 0.232 e. The van der Waals surface area contributed by atoms with Crippen LogP contribution in [-0.4, -0.2) is 28.0 Å². The second-order valence-electron chi connectivity index (χ2n) is 5.82. The van der Waals surface area contributed by atoms with Gasteiger partial charge in [-0.2, -0.15) is 4.98 Å². The second kappa shape index (κ2) is 5.15. The number of aliphatic hydroxyl groups is 1. The molecule has 1 N–H and O–H groups in total. The summed E-state index contributed by atoms with van der Waals surface area (Å²) in [6, 6.07) is 8.00. The van der Waals surface area contributed by atoms with Gasteiger partial charge in [0.1, 0.15) is 5.75 Å². The van der Waals surface area contributed by atoms with Crippen molar-refractivity contribution < 1.29 is 14.4 Å². The second-order valence-corrected chi connectivity index (χ2v) is 5.82. The molecule has 0 amide bonds. The van der Waals surface area contributed by atoms with E-state index in [0.717, 1.165) is 37.0 Å². The fraction of sp³-hybridized carbons (Fsp3) is 0.500. The summed E-state index contributed by atoms with van der Waals surface area (Å²) in [5.41, 5.74) is 1.11. The highest BCUT2D eigenvalue weighted by atomic mass is 16.5. The Labute approximate surface area is 122 Å². The lowest BCUT2D eigenvalue weighted by molar-refractivity contribution is 0.148. The molecule has 1 saturated carbocycles. The molecule has 1 aliphatic heterocycles. The van der Waals surface area contributed by atoms with Crippen molar-refractivity contribution in [2.24, 2.45) is 0 Å². The Kier molecular flexibility index (Phi) is 3.15. The summed E-state index contributed by atoms with van der Waals surface area (Å²) >= 11 is 0. The molecule has 2 aliphatic rings. The Bertz CT molecular complexity index is 640. The Morgan fingerprint density at radius 2 is 2.05 bits per heavy atom. The van der Waals surface area contributed by atoms with Gasteiger partial charge in [0.2, 0.25) is 5.89 Å². The zero-order chi connectivity index (χ0) is 14.2. The number of hydrogen-bond donors (Lipinski definition) is 1. The Hall–Kier alpha value is -1.88. The van der Waals surface area contributed by atoms with Gasteiger partial charge >= 0.3 is 0 Å². The Morgan fingerprint density at radius 3 is 2.90 bits per heavy atom. The van der Waals surface area contributed by atoms with E-state index in [4.69, 9.17) is 9.26 Å². The van der Waals surface area contributed by atoms with E-state index in [-0.39, 0.29) is 17.9 Å². The molecular formula is C16H18N2O3. The molecule has 5 nitrogen and oxygen atoms in total. The molecule has 2 heterocycles. The highest BCUT2D eigenvalue weighted by molar-refractivity contribution is 5.40. The minimum atomic E-state index is -0.347. The molecule has 1 aromatic carbocycles. The van der Waals surface area contributed by atoms with E-state index >= 15 is 0 Å². The highest BCUT2D eigenvalue weighted by Crippen LogP contribution is 2.38. The van der Waals surface area contributed by atoms with E-state index in [2.05, 4.69) is 16.2 Å². The third-order valence-corrected chi connectivity index (χ3v) is 4.52. The van der Waals surface area contributed by atoms with Gasteiger partial charge in [-0.05, 0) is 31.7 Å². The first-order chi connectivity index (χ1) is 10.3. The first-order valence-corrected chi connectivity index (χ1v) is 7.56. The van der Waals surface area contributed by atoms with Gasteiger partial charge in [-0.1, -0.05) is 23.4 Å². The third kappa shape index (κ3) is 2.21. The number of aliphatic hydroxyl groups excluding tert-OH is 1. The lowest BCUT2D eigenvalue weighted by Gasteiger charge is -2.23. The molecule has 0 spiro atoms. The monoisotopic (exact) mass is 286 g/mol. The summed E-state index contributed by atoms with van der Waals surface area (Å²) in [7, 11) is 0. The summed E-state index contributed by atoms with van der Waals surface area (Å²) in [5, 5.41) is 14.1. The Morgan fingerprint density at radius 1 is 1.14 bits per heavy atom. The van der Waals surface area contributed by atoms with E-state index in [0.29, 0.717) is 18.3 Å². The average molecular weight is 286 g/mol. The minimum absolute atomic E-state index is 0.00124. The summed E-state index contributed by atoms with van der Waals surface area (Å²) in [5.74, 6) is 2.31. The van der Waals surface area contributed by atoms with Crippen LogP contribution in [0.25, 0.3) is 0 Å². The first-order valence-electron chi connectivity index (χ1n) is 7.56. The number of hydrogen-bond acceptors (Lipinski definition) is 5. The van der Waals surface area contributed by atoms with Crippen molar-refractivity contribution in [3.8, 4) is 5.75 Å². The first kappa shape index (κ1) is 12.8. The molecule has 21 heavy (non-hydrogen) atoms. The smallest absolute Gasteiger partial charge is 0.232 e. The van der Waals surface area contributed by atoms with Crippen LogP contribution in [0.1, 0.15) is 54.8 Å². The normalized spacial score (nSPS) is 28.1. The largest absolute Gasteiger partial charge is 0.493 e. The zero-order valence-corrected chi connectivity index (χ0v) is 11.7. The number of nitrogens with zero attached hydrogens (tertiary/aromatic N) is 2. The van der Waals surface area contributed by atoms with Gasteiger partial charge in [-0.25, -0.2) is 0 Å². The molecule has 1 fully saturated rings. The molecule has 110 valence electrons. The van der Waals surface area contributed by atoms with Crippen LogP contribution < -0.4 is 4.74 Å². The fourth-order valence-corrected chi connectivity index (χ4v) is 3.38. The molecule has 2 aromatic rings. The number of aromatic nitrogens is 2. The van der Waals surface area contributed by atoms with Gasteiger partial charge in [-0.3, -0.25) is 0 Å². The van der Waals surface area contributed by atoms with Crippen LogP contribution in [0.15, 0.2) is 28.8 Å². The average Bonchev–Trinajstić information content (AvgIpc) is 3.15. The number of benzene rings is 1. The van der Waals surface area contributed by atoms with Crippen molar-refractivity contribution in [1.82, 2.24) is 10.1 Å². The van der Waals surface area contributed by atoms with Gasteiger partial charge in [0, 0.05) is 5.56 Å². The number of fused-ring (bicyclic) bond motifs is 1. The summed E-state index contributed by atoms with van der Waals surface area (Å²) < 4.78 is 11.1. The molecule has 1 aromatic heterocycles.